The third-order valence-corrected chi connectivity index (χ3v) is 3.61. The first-order chi connectivity index (χ1) is 12.7. The van der Waals surface area contributed by atoms with Gasteiger partial charge in [-0.25, -0.2) is 0 Å². The minimum atomic E-state index is -4.60. The van der Waals surface area contributed by atoms with E-state index in [0.717, 1.165) is 6.07 Å². The molecule has 0 aliphatic carbocycles. The Bertz CT molecular complexity index is 792. The van der Waals surface area contributed by atoms with Crippen LogP contribution >= 0.6 is 0 Å². The van der Waals surface area contributed by atoms with Crippen molar-refractivity contribution in [2.24, 2.45) is 0 Å². The minimum absolute atomic E-state index is 0.320. The number of hydrogen-bond acceptors (Lipinski definition) is 4. The summed E-state index contributed by atoms with van der Waals surface area (Å²) in [5.41, 5.74) is -0.862. The van der Waals surface area contributed by atoms with E-state index in [1.165, 1.54) is 12.1 Å². The molecule has 8 heteroatoms. The Kier molecular flexibility index (Phi) is 6.55. The molecule has 0 aliphatic heterocycles. The van der Waals surface area contributed by atoms with E-state index < -0.39 is 24.3 Å². The molecule has 27 heavy (non-hydrogen) atoms. The summed E-state index contributed by atoms with van der Waals surface area (Å²) in [5, 5.41) is 2.26. The normalized spacial score (nSPS) is 11.0. The lowest BCUT2D eigenvalue weighted by atomic mass is 10.1. The van der Waals surface area contributed by atoms with E-state index in [0.29, 0.717) is 23.8 Å². The molecule has 0 spiro atoms. The quantitative estimate of drug-likeness (QED) is 0.780. The largest absolute Gasteiger partial charge is 0.490 e. The number of amides is 1. The number of nitrogens with one attached hydrogen (secondary N) is 1. The molecule has 0 fully saturated rings. The van der Waals surface area contributed by atoms with Crippen molar-refractivity contribution in [2.75, 3.05) is 37.5 Å². The highest BCUT2D eigenvalue weighted by Gasteiger charge is 2.34. The number of carbonyl (C=O) groups excluding carboxylic acids is 1. The summed E-state index contributed by atoms with van der Waals surface area (Å²) in [5.74, 6) is 0.0945. The van der Waals surface area contributed by atoms with E-state index in [4.69, 9.17) is 9.47 Å². The molecule has 0 unspecified atom stereocenters. The van der Waals surface area contributed by atoms with Crippen LogP contribution in [0.3, 0.4) is 0 Å². The van der Waals surface area contributed by atoms with Crippen LogP contribution in [0.15, 0.2) is 42.5 Å². The van der Waals surface area contributed by atoms with Crippen LogP contribution in [-0.4, -0.2) is 33.2 Å². The molecule has 1 N–H and O–H groups in total. The maximum absolute atomic E-state index is 13.3. The molecule has 2 aromatic rings. The van der Waals surface area contributed by atoms with Gasteiger partial charge in [0, 0.05) is 19.8 Å². The van der Waals surface area contributed by atoms with E-state index in [1.54, 1.807) is 50.2 Å². The Morgan fingerprint density at radius 1 is 1.07 bits per heavy atom. The van der Waals surface area contributed by atoms with Gasteiger partial charge in [-0.15, -0.1) is 0 Å². The molecule has 0 radical (unpaired) electrons. The molecule has 0 heterocycles. The Balaban J connectivity index is 2.12. The van der Waals surface area contributed by atoms with Crippen molar-refractivity contribution in [1.29, 1.82) is 0 Å². The van der Waals surface area contributed by atoms with Crippen molar-refractivity contribution < 1.29 is 27.4 Å². The van der Waals surface area contributed by atoms with Gasteiger partial charge in [-0.1, -0.05) is 12.1 Å². The monoisotopic (exact) mass is 382 g/mol. The highest BCUT2D eigenvalue weighted by Crippen LogP contribution is 2.37. The maximum atomic E-state index is 13.3. The lowest BCUT2D eigenvalue weighted by Gasteiger charge is -2.19. The highest BCUT2D eigenvalue weighted by atomic mass is 19.4. The van der Waals surface area contributed by atoms with Gasteiger partial charge in [0.15, 0.2) is 18.1 Å². The number of benzene rings is 2. The number of rotatable bonds is 7. The minimum Gasteiger partial charge on any atom is -0.490 e. The molecule has 2 rings (SSSR count). The average molecular weight is 382 g/mol. The summed E-state index contributed by atoms with van der Waals surface area (Å²) in [6, 6.07) is 10.5. The first-order valence-corrected chi connectivity index (χ1v) is 8.25. The number of anilines is 2. The number of para-hydroxylation sites is 2. The van der Waals surface area contributed by atoms with Gasteiger partial charge in [-0.05, 0) is 37.3 Å². The van der Waals surface area contributed by atoms with Crippen molar-refractivity contribution in [2.45, 2.75) is 13.1 Å². The lowest BCUT2D eigenvalue weighted by Crippen LogP contribution is -2.23. The first kappa shape index (κ1) is 20.4. The molecule has 0 aromatic heterocycles. The number of halogens is 3. The second kappa shape index (κ2) is 8.66. The van der Waals surface area contributed by atoms with Crippen LogP contribution in [-0.2, 0) is 11.0 Å². The van der Waals surface area contributed by atoms with Crippen LogP contribution in [0.25, 0.3) is 0 Å². The zero-order valence-electron chi connectivity index (χ0n) is 15.3. The van der Waals surface area contributed by atoms with E-state index in [-0.39, 0.29) is 5.69 Å². The molecule has 2 aromatic carbocycles. The van der Waals surface area contributed by atoms with Crippen LogP contribution in [0.2, 0.25) is 0 Å². The van der Waals surface area contributed by atoms with Gasteiger partial charge in [0.25, 0.3) is 5.91 Å². The second-order valence-corrected chi connectivity index (χ2v) is 5.84. The molecule has 0 saturated carbocycles. The predicted octanol–water partition coefficient (Wildman–Crippen LogP) is 4.19. The summed E-state index contributed by atoms with van der Waals surface area (Å²) in [6.45, 7) is 1.77. The summed E-state index contributed by atoms with van der Waals surface area (Å²) in [4.78, 5) is 13.6. The zero-order valence-corrected chi connectivity index (χ0v) is 15.3. The van der Waals surface area contributed by atoms with Crippen LogP contribution in [0.4, 0.5) is 24.5 Å². The number of nitrogens with zero attached hydrogens (tertiary/aromatic N) is 1. The van der Waals surface area contributed by atoms with Crippen molar-refractivity contribution in [3.05, 3.63) is 48.0 Å². The van der Waals surface area contributed by atoms with E-state index in [2.05, 4.69) is 5.32 Å². The molecular formula is C19H21F3N2O3. The summed E-state index contributed by atoms with van der Waals surface area (Å²) in [6.07, 6.45) is -4.60. The van der Waals surface area contributed by atoms with Crippen LogP contribution in [0.1, 0.15) is 12.5 Å². The third-order valence-electron chi connectivity index (χ3n) is 3.61. The lowest BCUT2D eigenvalue weighted by molar-refractivity contribution is -0.137. The first-order valence-electron chi connectivity index (χ1n) is 8.25. The molecular weight excluding hydrogens is 361 g/mol. The standard InChI is InChI=1S/C19H21F3N2O3/c1-4-26-16-7-5-6-8-17(16)27-12-18(25)23-15-10-9-13(24(2)3)11-14(15)19(20,21)22/h5-11H,4,12H2,1-3H3,(H,23,25). The van der Waals surface area contributed by atoms with E-state index in [9.17, 15) is 18.0 Å². The van der Waals surface area contributed by atoms with Gasteiger partial charge in [0.05, 0.1) is 17.9 Å². The fourth-order valence-corrected chi connectivity index (χ4v) is 2.33. The summed E-state index contributed by atoms with van der Waals surface area (Å²) >= 11 is 0. The van der Waals surface area contributed by atoms with Crippen LogP contribution in [0, 0.1) is 0 Å². The summed E-state index contributed by atoms with van der Waals surface area (Å²) in [7, 11) is 3.27. The zero-order chi connectivity index (χ0) is 20.0. The number of carbonyl (C=O) groups is 1. The van der Waals surface area contributed by atoms with Gasteiger partial charge in [0.1, 0.15) is 0 Å². The molecule has 0 aliphatic rings. The van der Waals surface area contributed by atoms with E-state index >= 15 is 0 Å². The van der Waals surface area contributed by atoms with Gasteiger partial charge < -0.3 is 19.7 Å². The van der Waals surface area contributed by atoms with Crippen LogP contribution < -0.4 is 19.7 Å². The maximum Gasteiger partial charge on any atom is 0.418 e. The number of alkyl halides is 3. The van der Waals surface area contributed by atoms with Gasteiger partial charge in [-0.2, -0.15) is 13.2 Å². The molecule has 0 bridgehead atoms. The smallest absolute Gasteiger partial charge is 0.418 e. The van der Waals surface area contributed by atoms with E-state index in [1.807, 2.05) is 0 Å². The molecule has 1 amide bonds. The molecule has 146 valence electrons. The highest BCUT2D eigenvalue weighted by molar-refractivity contribution is 5.93. The molecule has 5 nitrogen and oxygen atoms in total. The molecule has 0 saturated heterocycles. The van der Waals surface area contributed by atoms with Gasteiger partial charge in [0.2, 0.25) is 0 Å². The Morgan fingerprint density at radius 2 is 1.70 bits per heavy atom. The number of hydrogen-bond donors (Lipinski definition) is 1. The summed E-state index contributed by atoms with van der Waals surface area (Å²) < 4.78 is 50.7. The number of ether oxygens (including phenoxy) is 2. The fraction of sp³-hybridized carbons (Fsp3) is 0.316. The second-order valence-electron chi connectivity index (χ2n) is 5.84. The predicted molar refractivity (Wildman–Crippen MR) is 97.5 cm³/mol. The van der Waals surface area contributed by atoms with Crippen molar-refractivity contribution in [3.8, 4) is 11.5 Å². The Morgan fingerprint density at radius 3 is 2.26 bits per heavy atom. The molecule has 0 atom stereocenters. The van der Waals surface area contributed by atoms with Crippen molar-refractivity contribution >= 4 is 17.3 Å². The Hall–Kier alpha value is -2.90. The fourth-order valence-electron chi connectivity index (χ4n) is 2.33. The van der Waals surface area contributed by atoms with Gasteiger partial charge >= 0.3 is 6.18 Å². The van der Waals surface area contributed by atoms with Crippen LogP contribution in [0.5, 0.6) is 11.5 Å². The average Bonchev–Trinajstić information content (AvgIpc) is 2.60. The Labute approximate surface area is 155 Å². The SMILES string of the molecule is CCOc1ccccc1OCC(=O)Nc1ccc(N(C)C)cc1C(F)(F)F. The van der Waals surface area contributed by atoms with Gasteiger partial charge in [-0.3, -0.25) is 4.79 Å². The topological polar surface area (TPSA) is 50.8 Å². The third kappa shape index (κ3) is 5.54. The van der Waals surface area contributed by atoms with Crippen molar-refractivity contribution in [3.63, 3.8) is 0 Å². The van der Waals surface area contributed by atoms with Crippen molar-refractivity contribution in [1.82, 2.24) is 0 Å².